The number of ether oxygens (including phenoxy) is 2. The molecule has 2 N–H and O–H groups in total. The molecule has 4 aromatic rings. The minimum Gasteiger partial charge on any atom is -0.478 e. The first-order valence-electron chi connectivity index (χ1n) is 11.6. The molecule has 0 heterocycles. The maximum absolute atomic E-state index is 13.6. The second kappa shape index (κ2) is 11.5. The Morgan fingerprint density at radius 1 is 0.632 bits per heavy atom. The Labute approximate surface area is 217 Å². The third-order valence-electron chi connectivity index (χ3n) is 5.85. The first kappa shape index (κ1) is 26.2. The monoisotopic (exact) mass is 514 g/mol. The number of hydrogen-bond acceptors (Lipinski definition) is 6. The second-order valence-corrected chi connectivity index (χ2v) is 8.35. The molecule has 0 radical (unpaired) electrons. The normalized spacial score (nSPS) is 12.7. The van der Waals surface area contributed by atoms with E-state index < -0.39 is 41.5 Å². The maximum atomic E-state index is 13.6. The number of esters is 2. The summed E-state index contributed by atoms with van der Waals surface area (Å²) >= 11 is 0. The summed E-state index contributed by atoms with van der Waals surface area (Å²) in [4.78, 5) is 38.9. The van der Waals surface area contributed by atoms with E-state index in [0.29, 0.717) is 0 Å². The van der Waals surface area contributed by atoms with Crippen molar-refractivity contribution in [3.8, 4) is 0 Å². The van der Waals surface area contributed by atoms with Crippen LogP contribution in [0.25, 0.3) is 0 Å². The zero-order valence-electron chi connectivity index (χ0n) is 19.9. The number of carboxylic acid groups (broad SMARTS) is 1. The molecule has 0 fully saturated rings. The summed E-state index contributed by atoms with van der Waals surface area (Å²) in [6, 6.07) is 28.3. The summed E-state index contributed by atoms with van der Waals surface area (Å²) in [5, 5.41) is 21.4. The predicted molar refractivity (Wildman–Crippen MR) is 134 cm³/mol. The minimum absolute atomic E-state index is 0.0189. The van der Waals surface area contributed by atoms with Crippen molar-refractivity contribution in [1.29, 1.82) is 0 Å². The van der Waals surface area contributed by atoms with Crippen molar-refractivity contribution in [2.45, 2.75) is 17.8 Å². The quantitative estimate of drug-likeness (QED) is 0.311. The summed E-state index contributed by atoms with van der Waals surface area (Å²) in [6.45, 7) is 0. The average Bonchev–Trinajstić information content (AvgIpc) is 2.95. The van der Waals surface area contributed by atoms with E-state index in [1.165, 1.54) is 48.5 Å². The molecule has 8 heteroatoms. The van der Waals surface area contributed by atoms with E-state index in [0.717, 1.165) is 12.1 Å². The van der Waals surface area contributed by atoms with E-state index in [2.05, 4.69) is 0 Å². The van der Waals surface area contributed by atoms with Crippen LogP contribution in [0.2, 0.25) is 0 Å². The molecule has 4 rings (SSSR count). The van der Waals surface area contributed by atoms with Crippen LogP contribution in [0.15, 0.2) is 115 Å². The highest BCUT2D eigenvalue weighted by atomic mass is 19.1. The molecule has 0 bridgehead atoms. The number of rotatable bonds is 9. The van der Waals surface area contributed by atoms with Crippen LogP contribution in [-0.4, -0.2) is 28.1 Å². The van der Waals surface area contributed by atoms with Crippen LogP contribution in [0.1, 0.15) is 34.5 Å². The molecule has 0 spiro atoms. The molecular weight excluding hydrogens is 491 g/mol. The van der Waals surface area contributed by atoms with Crippen molar-refractivity contribution >= 4 is 17.9 Å². The van der Waals surface area contributed by atoms with Gasteiger partial charge >= 0.3 is 17.9 Å². The van der Waals surface area contributed by atoms with E-state index in [1.807, 2.05) is 0 Å². The lowest BCUT2D eigenvalue weighted by molar-refractivity contribution is -0.185. The van der Waals surface area contributed by atoms with Gasteiger partial charge in [0.05, 0.1) is 0 Å². The summed E-state index contributed by atoms with van der Waals surface area (Å²) in [5.74, 6) is -4.48. The third kappa shape index (κ3) is 5.61. The van der Waals surface area contributed by atoms with Crippen LogP contribution < -0.4 is 0 Å². The molecule has 0 aliphatic rings. The molecule has 2 atom stereocenters. The summed E-state index contributed by atoms with van der Waals surface area (Å²) in [6.07, 6.45) is -3.51. The zero-order chi connectivity index (χ0) is 27.1. The van der Waals surface area contributed by atoms with Crippen molar-refractivity contribution in [3.05, 3.63) is 143 Å². The summed E-state index contributed by atoms with van der Waals surface area (Å²) in [5.41, 5.74) is -1.77. The number of carbonyl (C=O) groups is 3. The van der Waals surface area contributed by atoms with Gasteiger partial charge in [-0.2, -0.15) is 0 Å². The van der Waals surface area contributed by atoms with Gasteiger partial charge in [0.1, 0.15) is 5.82 Å². The average molecular weight is 515 g/mol. The maximum Gasteiger partial charge on any atom is 0.353 e. The standard InChI is InChI=1S/C30H23FO7/c31-24-18-16-21(17-19-24)26(28(34)37-25(27(32)33)20-10-4-1-5-11-20)38-29(35)30(36,22-12-6-2-7-13-22)23-14-8-3-9-15-23/h1-19,25-26,36H,(H,32,33). The highest BCUT2D eigenvalue weighted by molar-refractivity contribution is 5.89. The van der Waals surface area contributed by atoms with Gasteiger partial charge in [0.2, 0.25) is 17.8 Å². The Balaban J connectivity index is 1.72. The lowest BCUT2D eigenvalue weighted by Gasteiger charge is -2.29. The van der Waals surface area contributed by atoms with E-state index in [1.54, 1.807) is 54.6 Å². The minimum atomic E-state index is -2.33. The van der Waals surface area contributed by atoms with Gasteiger partial charge in [-0.05, 0) is 23.3 Å². The molecule has 4 aromatic carbocycles. The summed E-state index contributed by atoms with van der Waals surface area (Å²) < 4.78 is 24.5. The first-order valence-corrected chi connectivity index (χ1v) is 11.6. The number of aliphatic carboxylic acids is 1. The Hall–Kier alpha value is -4.82. The fraction of sp³-hybridized carbons (Fsp3) is 0.100. The van der Waals surface area contributed by atoms with Crippen LogP contribution in [0.3, 0.4) is 0 Å². The van der Waals surface area contributed by atoms with Gasteiger partial charge in [-0.3, -0.25) is 0 Å². The topological polar surface area (TPSA) is 110 Å². The SMILES string of the molecule is O=C(O)C(OC(=O)C(OC(=O)C(O)(c1ccccc1)c1ccccc1)c1ccc(F)cc1)c1ccccc1. The van der Waals surface area contributed by atoms with Crippen LogP contribution in [0.4, 0.5) is 4.39 Å². The Morgan fingerprint density at radius 3 is 1.55 bits per heavy atom. The molecule has 38 heavy (non-hydrogen) atoms. The van der Waals surface area contributed by atoms with Gasteiger partial charge < -0.3 is 19.7 Å². The Bertz CT molecular complexity index is 1350. The van der Waals surface area contributed by atoms with Crippen molar-refractivity contribution in [2.75, 3.05) is 0 Å². The van der Waals surface area contributed by atoms with Gasteiger partial charge in [0.25, 0.3) is 0 Å². The molecule has 0 aliphatic carbocycles. The molecule has 0 aromatic heterocycles. The van der Waals surface area contributed by atoms with Crippen LogP contribution in [0, 0.1) is 5.82 Å². The second-order valence-electron chi connectivity index (χ2n) is 8.35. The summed E-state index contributed by atoms with van der Waals surface area (Å²) in [7, 11) is 0. The van der Waals surface area contributed by atoms with Crippen LogP contribution in [0.5, 0.6) is 0 Å². The molecule has 0 saturated carbocycles. The number of aliphatic hydroxyl groups is 1. The number of hydrogen-bond donors (Lipinski definition) is 2. The van der Waals surface area contributed by atoms with E-state index >= 15 is 0 Å². The fourth-order valence-corrected chi connectivity index (χ4v) is 3.91. The van der Waals surface area contributed by atoms with Crippen molar-refractivity contribution in [2.24, 2.45) is 0 Å². The number of halogens is 1. The van der Waals surface area contributed by atoms with Gasteiger partial charge in [-0.15, -0.1) is 0 Å². The van der Waals surface area contributed by atoms with Gasteiger partial charge in [-0.25, -0.2) is 18.8 Å². The van der Waals surface area contributed by atoms with Crippen molar-refractivity contribution in [3.63, 3.8) is 0 Å². The first-order chi connectivity index (χ1) is 18.3. The van der Waals surface area contributed by atoms with Crippen molar-refractivity contribution in [1.82, 2.24) is 0 Å². The smallest absolute Gasteiger partial charge is 0.353 e. The highest BCUT2D eigenvalue weighted by Gasteiger charge is 2.44. The largest absolute Gasteiger partial charge is 0.478 e. The van der Waals surface area contributed by atoms with Crippen LogP contribution >= 0.6 is 0 Å². The number of benzene rings is 4. The Morgan fingerprint density at radius 2 is 1.08 bits per heavy atom. The van der Waals surface area contributed by atoms with Gasteiger partial charge in [0.15, 0.2) is 0 Å². The van der Waals surface area contributed by atoms with Gasteiger partial charge in [0, 0.05) is 11.1 Å². The van der Waals surface area contributed by atoms with Gasteiger partial charge in [-0.1, -0.05) is 103 Å². The molecule has 0 aliphatic heterocycles. The Kier molecular flexibility index (Phi) is 7.94. The molecule has 2 unspecified atom stereocenters. The predicted octanol–water partition coefficient (Wildman–Crippen LogP) is 4.72. The molecule has 0 saturated heterocycles. The van der Waals surface area contributed by atoms with E-state index in [4.69, 9.17) is 9.47 Å². The highest BCUT2D eigenvalue weighted by Crippen LogP contribution is 2.34. The molecule has 192 valence electrons. The number of carboxylic acids is 1. The lowest BCUT2D eigenvalue weighted by atomic mass is 9.86. The molecular formula is C30H23FO7. The number of carbonyl (C=O) groups excluding carboxylic acids is 2. The van der Waals surface area contributed by atoms with E-state index in [-0.39, 0.29) is 22.3 Å². The lowest BCUT2D eigenvalue weighted by Crippen LogP contribution is -2.40. The molecule has 7 nitrogen and oxygen atoms in total. The molecule has 0 amide bonds. The third-order valence-corrected chi connectivity index (χ3v) is 5.85. The van der Waals surface area contributed by atoms with Crippen LogP contribution in [-0.2, 0) is 29.5 Å². The van der Waals surface area contributed by atoms with Crippen molar-refractivity contribution < 1.29 is 38.5 Å². The fourth-order valence-electron chi connectivity index (χ4n) is 3.91. The van der Waals surface area contributed by atoms with E-state index in [9.17, 15) is 29.0 Å². The zero-order valence-corrected chi connectivity index (χ0v) is 19.9.